The Morgan fingerprint density at radius 3 is 1.24 bits per heavy atom. The lowest BCUT2D eigenvalue weighted by atomic mass is 10.1. The maximum absolute atomic E-state index is 6.55. The van der Waals surface area contributed by atoms with Crippen LogP contribution in [-0.2, 0) is 0 Å². The van der Waals surface area contributed by atoms with Gasteiger partial charge in [0.05, 0.1) is 0 Å². The summed E-state index contributed by atoms with van der Waals surface area (Å²) in [6, 6.07) is 26.0. The third-order valence-electron chi connectivity index (χ3n) is 6.12. The first-order valence-electron chi connectivity index (χ1n) is 9.21. The van der Waals surface area contributed by atoms with Crippen molar-refractivity contribution in [1.29, 1.82) is 0 Å². The summed E-state index contributed by atoms with van der Waals surface area (Å²) in [5, 5.41) is 7.02. The van der Waals surface area contributed by atoms with Crippen LogP contribution in [0.25, 0.3) is 22.3 Å². The standard InChI is InChI=1S/C24H12Br2Cl2Si/c25-13-1-5-17-18-6-2-14(26)10-22(18)29(21(17)9-13)23-11-15(27)3-7-19(23)20-8-4-16(28)12-24(20)29/h1-12H. The third kappa shape index (κ3) is 2.37. The lowest BCUT2D eigenvalue weighted by Crippen LogP contribution is -2.70. The normalized spacial score (nSPS) is 14.5. The summed E-state index contributed by atoms with van der Waals surface area (Å²) < 4.78 is 2.18. The van der Waals surface area contributed by atoms with Gasteiger partial charge in [0.2, 0.25) is 0 Å². The molecular weight excluding hydrogens is 547 g/mol. The molecule has 140 valence electrons. The maximum Gasteiger partial charge on any atom is 0.182 e. The highest BCUT2D eigenvalue weighted by Crippen LogP contribution is 2.38. The van der Waals surface area contributed by atoms with Crippen LogP contribution in [0.2, 0.25) is 10.0 Å². The minimum Gasteiger partial charge on any atom is -0.0843 e. The monoisotopic (exact) mass is 556 g/mol. The SMILES string of the molecule is Clc1ccc2c(c1)[Si]1(c3cc(Cl)ccc3-2)c2cc(Br)ccc2-c2ccc(Br)cc21. The number of fused-ring (bicyclic) bond motifs is 10. The molecule has 4 aromatic carbocycles. The van der Waals surface area contributed by atoms with Crippen molar-refractivity contribution in [3.05, 3.63) is 91.8 Å². The Labute approximate surface area is 196 Å². The van der Waals surface area contributed by atoms with Crippen molar-refractivity contribution >= 4 is 83.9 Å². The van der Waals surface area contributed by atoms with Gasteiger partial charge in [-0.15, -0.1) is 0 Å². The molecule has 2 aliphatic heterocycles. The molecule has 0 N–H and O–H groups in total. The van der Waals surface area contributed by atoms with Crippen molar-refractivity contribution in [2.24, 2.45) is 0 Å². The van der Waals surface area contributed by atoms with E-state index in [1.54, 1.807) is 0 Å². The van der Waals surface area contributed by atoms with E-state index in [0.717, 1.165) is 19.0 Å². The highest BCUT2D eigenvalue weighted by atomic mass is 79.9. The molecule has 0 bridgehead atoms. The number of hydrogen-bond acceptors (Lipinski definition) is 0. The summed E-state index contributed by atoms with van der Waals surface area (Å²) in [5.41, 5.74) is 5.15. The van der Waals surface area contributed by atoms with Crippen LogP contribution in [0.5, 0.6) is 0 Å². The van der Waals surface area contributed by atoms with E-state index in [1.165, 1.54) is 43.0 Å². The quantitative estimate of drug-likeness (QED) is 0.205. The zero-order valence-electron chi connectivity index (χ0n) is 14.9. The van der Waals surface area contributed by atoms with E-state index >= 15 is 0 Å². The molecule has 1 spiro atoms. The van der Waals surface area contributed by atoms with Crippen molar-refractivity contribution in [3.63, 3.8) is 0 Å². The molecule has 0 amide bonds. The van der Waals surface area contributed by atoms with Gasteiger partial charge >= 0.3 is 0 Å². The summed E-state index contributed by atoms with van der Waals surface area (Å²) in [4.78, 5) is 0. The van der Waals surface area contributed by atoms with E-state index in [-0.39, 0.29) is 0 Å². The lowest BCUT2D eigenvalue weighted by molar-refractivity contribution is 1.65. The summed E-state index contributed by atoms with van der Waals surface area (Å²) in [5.74, 6) is 0. The average molecular weight is 559 g/mol. The van der Waals surface area contributed by atoms with E-state index in [9.17, 15) is 0 Å². The second-order valence-electron chi connectivity index (χ2n) is 7.51. The van der Waals surface area contributed by atoms with E-state index in [1.807, 2.05) is 12.1 Å². The van der Waals surface area contributed by atoms with Crippen LogP contribution in [0.1, 0.15) is 0 Å². The molecular formula is C24H12Br2Cl2Si. The van der Waals surface area contributed by atoms with Gasteiger partial charge in [0.25, 0.3) is 0 Å². The van der Waals surface area contributed by atoms with Gasteiger partial charge in [-0.3, -0.25) is 0 Å². The summed E-state index contributed by atoms with van der Waals surface area (Å²) in [6.07, 6.45) is 0. The topological polar surface area (TPSA) is 0 Å². The van der Waals surface area contributed by atoms with Crippen LogP contribution < -0.4 is 20.7 Å². The fourth-order valence-electron chi connectivity index (χ4n) is 5.12. The zero-order chi connectivity index (χ0) is 19.9. The van der Waals surface area contributed by atoms with Gasteiger partial charge in [0, 0.05) is 19.0 Å². The number of rotatable bonds is 0. The van der Waals surface area contributed by atoms with Gasteiger partial charge in [-0.2, -0.15) is 0 Å². The Balaban J connectivity index is 1.88. The number of benzene rings is 4. The van der Waals surface area contributed by atoms with E-state index in [0.29, 0.717) is 0 Å². The Bertz CT molecular complexity index is 1150. The van der Waals surface area contributed by atoms with E-state index < -0.39 is 8.07 Å². The highest BCUT2D eigenvalue weighted by Gasteiger charge is 2.54. The van der Waals surface area contributed by atoms with Gasteiger partial charge in [-0.25, -0.2) is 0 Å². The predicted molar refractivity (Wildman–Crippen MR) is 133 cm³/mol. The maximum atomic E-state index is 6.55. The minimum atomic E-state index is -2.51. The van der Waals surface area contributed by atoms with Gasteiger partial charge in [0.15, 0.2) is 8.07 Å². The van der Waals surface area contributed by atoms with Crippen molar-refractivity contribution in [2.45, 2.75) is 0 Å². The highest BCUT2D eigenvalue weighted by molar-refractivity contribution is 9.10. The van der Waals surface area contributed by atoms with Gasteiger partial charge in [-0.05, 0) is 91.5 Å². The van der Waals surface area contributed by atoms with Crippen molar-refractivity contribution in [3.8, 4) is 22.3 Å². The smallest absolute Gasteiger partial charge is 0.0843 e. The molecule has 0 nitrogen and oxygen atoms in total. The van der Waals surface area contributed by atoms with Crippen molar-refractivity contribution in [2.75, 3.05) is 0 Å². The van der Waals surface area contributed by atoms with Crippen molar-refractivity contribution in [1.82, 2.24) is 0 Å². The fourth-order valence-corrected chi connectivity index (χ4v) is 12.5. The molecule has 2 heterocycles. The average Bonchev–Trinajstić information content (AvgIpc) is 3.13. The second kappa shape index (κ2) is 6.32. The molecule has 0 saturated heterocycles. The Morgan fingerprint density at radius 2 is 0.828 bits per heavy atom. The molecule has 0 radical (unpaired) electrons. The molecule has 0 aromatic heterocycles. The van der Waals surface area contributed by atoms with Gasteiger partial charge < -0.3 is 0 Å². The minimum absolute atomic E-state index is 0.773. The van der Waals surface area contributed by atoms with Crippen LogP contribution in [-0.4, -0.2) is 8.07 Å². The first-order valence-corrected chi connectivity index (χ1v) is 13.5. The predicted octanol–water partition coefficient (Wildman–Crippen LogP) is 5.86. The molecule has 0 aliphatic carbocycles. The zero-order valence-corrected chi connectivity index (χ0v) is 20.6. The molecule has 0 unspecified atom stereocenters. The van der Waals surface area contributed by atoms with E-state index in [4.69, 9.17) is 23.2 Å². The number of halogens is 4. The summed E-state index contributed by atoms with van der Waals surface area (Å²) in [6.45, 7) is 0. The fraction of sp³-hybridized carbons (Fsp3) is 0. The Kier molecular flexibility index (Phi) is 4.01. The Hall–Kier alpha value is -1.36. The molecule has 0 atom stereocenters. The Morgan fingerprint density at radius 1 is 0.483 bits per heavy atom. The molecule has 0 saturated carbocycles. The van der Waals surface area contributed by atoms with Crippen LogP contribution >= 0.6 is 55.1 Å². The van der Waals surface area contributed by atoms with Gasteiger partial charge in [0.1, 0.15) is 0 Å². The lowest BCUT2D eigenvalue weighted by Gasteiger charge is -2.28. The van der Waals surface area contributed by atoms with Crippen LogP contribution in [0.15, 0.2) is 81.7 Å². The third-order valence-corrected chi connectivity index (χ3v) is 12.5. The van der Waals surface area contributed by atoms with E-state index in [2.05, 4.69) is 92.5 Å². The van der Waals surface area contributed by atoms with Crippen molar-refractivity contribution < 1.29 is 0 Å². The number of hydrogen-bond donors (Lipinski definition) is 0. The van der Waals surface area contributed by atoms with Crippen LogP contribution in [0, 0.1) is 0 Å². The first kappa shape index (κ1) is 18.4. The molecule has 5 heteroatoms. The summed E-state index contributed by atoms with van der Waals surface area (Å²) in [7, 11) is -2.51. The first-order chi connectivity index (χ1) is 14.0. The van der Waals surface area contributed by atoms with Gasteiger partial charge in [-0.1, -0.05) is 79.3 Å². The molecule has 29 heavy (non-hydrogen) atoms. The molecule has 2 aliphatic rings. The summed E-state index contributed by atoms with van der Waals surface area (Å²) >= 11 is 20.6. The van der Waals surface area contributed by atoms with Crippen LogP contribution in [0.3, 0.4) is 0 Å². The van der Waals surface area contributed by atoms with Crippen LogP contribution in [0.4, 0.5) is 0 Å². The second-order valence-corrected chi connectivity index (χ2v) is 13.9. The molecule has 0 fully saturated rings. The molecule has 4 aromatic rings. The molecule has 6 rings (SSSR count). The largest absolute Gasteiger partial charge is 0.182 e.